The maximum atomic E-state index is 12.7. The summed E-state index contributed by atoms with van der Waals surface area (Å²) in [5.74, 6) is -0.664. The van der Waals surface area contributed by atoms with E-state index in [0.717, 1.165) is 15.8 Å². The average molecular weight is 415 g/mol. The molecular formula is C23H21N5O3. The molecule has 0 radical (unpaired) electrons. The van der Waals surface area contributed by atoms with E-state index in [2.05, 4.69) is 15.7 Å². The summed E-state index contributed by atoms with van der Waals surface area (Å²) >= 11 is 0. The predicted octanol–water partition coefficient (Wildman–Crippen LogP) is 2.37. The molecule has 0 fully saturated rings. The van der Waals surface area contributed by atoms with Gasteiger partial charge in [-0.1, -0.05) is 48.5 Å². The molecular weight excluding hydrogens is 394 g/mol. The van der Waals surface area contributed by atoms with Crippen LogP contribution in [-0.2, 0) is 17.9 Å². The molecule has 156 valence electrons. The Morgan fingerprint density at radius 3 is 2.48 bits per heavy atom. The second-order valence-electron chi connectivity index (χ2n) is 7.12. The van der Waals surface area contributed by atoms with Gasteiger partial charge in [0, 0.05) is 18.4 Å². The minimum absolute atomic E-state index is 0.232. The number of carbonyl (C=O) groups is 2. The number of aryl methyl sites for hydroxylation is 1. The Morgan fingerprint density at radius 2 is 1.71 bits per heavy atom. The number of rotatable bonds is 6. The van der Waals surface area contributed by atoms with Crippen molar-refractivity contribution in [2.45, 2.75) is 20.0 Å². The number of hydrogen-bond acceptors (Lipinski definition) is 4. The summed E-state index contributed by atoms with van der Waals surface area (Å²) in [6.07, 6.45) is 1.43. The highest BCUT2D eigenvalue weighted by Crippen LogP contribution is 2.13. The molecule has 2 heterocycles. The van der Waals surface area contributed by atoms with Crippen molar-refractivity contribution >= 4 is 23.1 Å². The molecule has 0 bridgehead atoms. The molecule has 0 aliphatic rings. The molecule has 4 aromatic rings. The monoisotopic (exact) mass is 415 g/mol. The van der Waals surface area contributed by atoms with Crippen molar-refractivity contribution in [3.63, 3.8) is 0 Å². The van der Waals surface area contributed by atoms with Gasteiger partial charge in [-0.25, -0.2) is 13.9 Å². The highest BCUT2D eigenvalue weighted by Gasteiger charge is 2.14. The Bertz CT molecular complexity index is 1310. The first-order valence-corrected chi connectivity index (χ1v) is 9.78. The van der Waals surface area contributed by atoms with Crippen LogP contribution in [0.2, 0.25) is 0 Å². The van der Waals surface area contributed by atoms with Gasteiger partial charge in [-0.05, 0) is 36.2 Å². The Labute approximate surface area is 178 Å². The van der Waals surface area contributed by atoms with Crippen LogP contribution in [-0.4, -0.2) is 26.0 Å². The van der Waals surface area contributed by atoms with Gasteiger partial charge >= 0.3 is 5.69 Å². The zero-order valence-electron chi connectivity index (χ0n) is 16.9. The third kappa shape index (κ3) is 4.53. The molecule has 0 unspecified atom stereocenters. The van der Waals surface area contributed by atoms with Gasteiger partial charge in [0.1, 0.15) is 6.54 Å². The maximum Gasteiger partial charge on any atom is 0.350 e. The lowest BCUT2D eigenvalue weighted by Gasteiger charge is -2.07. The molecule has 4 rings (SSSR count). The third-order valence-electron chi connectivity index (χ3n) is 4.85. The van der Waals surface area contributed by atoms with E-state index in [4.69, 9.17) is 0 Å². The van der Waals surface area contributed by atoms with Crippen molar-refractivity contribution in [2.24, 2.45) is 0 Å². The highest BCUT2D eigenvalue weighted by molar-refractivity contribution is 5.94. The number of nitrogens with one attached hydrogen (secondary N) is 2. The number of para-hydroxylation sites is 1. The normalized spacial score (nSPS) is 10.7. The van der Waals surface area contributed by atoms with Crippen molar-refractivity contribution < 1.29 is 9.59 Å². The first-order chi connectivity index (χ1) is 15.0. The molecule has 0 spiro atoms. The zero-order chi connectivity index (χ0) is 21.8. The molecule has 8 nitrogen and oxygen atoms in total. The molecule has 2 aromatic carbocycles. The number of fused-ring (bicyclic) bond motifs is 1. The van der Waals surface area contributed by atoms with E-state index in [1.165, 1.54) is 10.6 Å². The lowest BCUT2D eigenvalue weighted by molar-refractivity contribution is -0.117. The summed E-state index contributed by atoms with van der Waals surface area (Å²) < 4.78 is 2.34. The Morgan fingerprint density at radius 1 is 0.968 bits per heavy atom. The van der Waals surface area contributed by atoms with Crippen molar-refractivity contribution in [3.8, 4) is 0 Å². The minimum atomic E-state index is -0.493. The van der Waals surface area contributed by atoms with E-state index in [-0.39, 0.29) is 18.4 Å². The van der Waals surface area contributed by atoms with Gasteiger partial charge in [0.2, 0.25) is 5.91 Å². The number of hydrogen-bond donors (Lipinski definition) is 2. The minimum Gasteiger partial charge on any atom is -0.348 e. The van der Waals surface area contributed by atoms with Crippen LogP contribution >= 0.6 is 0 Å². The van der Waals surface area contributed by atoms with Crippen LogP contribution in [0.3, 0.4) is 0 Å². The van der Waals surface area contributed by atoms with E-state index in [9.17, 15) is 14.4 Å². The van der Waals surface area contributed by atoms with Gasteiger partial charge in [0.25, 0.3) is 5.91 Å². The van der Waals surface area contributed by atoms with Crippen LogP contribution in [0.25, 0.3) is 5.65 Å². The summed E-state index contributed by atoms with van der Waals surface area (Å²) in [6, 6.07) is 20.1. The molecule has 0 saturated carbocycles. The predicted molar refractivity (Wildman–Crippen MR) is 117 cm³/mol. The Balaban J connectivity index is 1.48. The molecule has 8 heteroatoms. The Kier molecular flexibility index (Phi) is 5.61. The van der Waals surface area contributed by atoms with E-state index in [0.29, 0.717) is 23.4 Å². The number of anilines is 1. The summed E-state index contributed by atoms with van der Waals surface area (Å²) in [7, 11) is 0. The fourth-order valence-corrected chi connectivity index (χ4v) is 3.17. The van der Waals surface area contributed by atoms with Crippen LogP contribution in [0.1, 0.15) is 21.5 Å². The number of aromatic nitrogens is 3. The van der Waals surface area contributed by atoms with Crippen molar-refractivity contribution in [3.05, 3.63) is 100 Å². The number of benzene rings is 2. The van der Waals surface area contributed by atoms with E-state index >= 15 is 0 Å². The third-order valence-corrected chi connectivity index (χ3v) is 4.85. The van der Waals surface area contributed by atoms with Crippen molar-refractivity contribution in [2.75, 3.05) is 5.32 Å². The van der Waals surface area contributed by atoms with Crippen molar-refractivity contribution in [1.29, 1.82) is 0 Å². The van der Waals surface area contributed by atoms with Gasteiger partial charge in [-0.2, -0.15) is 0 Å². The molecule has 0 aliphatic heterocycles. The largest absolute Gasteiger partial charge is 0.350 e. The van der Waals surface area contributed by atoms with Crippen molar-refractivity contribution in [1.82, 2.24) is 19.5 Å². The number of amides is 2. The summed E-state index contributed by atoms with van der Waals surface area (Å²) in [5.41, 5.74) is 2.77. The number of pyridine rings is 1. The fraction of sp³-hybridized carbons (Fsp3) is 0.130. The van der Waals surface area contributed by atoms with Gasteiger partial charge in [-0.3, -0.25) is 9.59 Å². The molecule has 31 heavy (non-hydrogen) atoms. The molecule has 0 atom stereocenters. The van der Waals surface area contributed by atoms with Crippen LogP contribution in [0.4, 0.5) is 5.69 Å². The Hall–Kier alpha value is -4.20. The smallest absolute Gasteiger partial charge is 0.348 e. The zero-order valence-corrected chi connectivity index (χ0v) is 16.9. The molecule has 2 aromatic heterocycles. The second-order valence-corrected chi connectivity index (χ2v) is 7.12. The highest BCUT2D eigenvalue weighted by atomic mass is 16.2. The lowest BCUT2D eigenvalue weighted by atomic mass is 10.2. The molecule has 0 saturated heterocycles. The first kappa shape index (κ1) is 20.1. The molecule has 0 aliphatic carbocycles. The second kappa shape index (κ2) is 8.66. The maximum absolute atomic E-state index is 12.7. The number of carbonyl (C=O) groups excluding carboxylic acids is 2. The van der Waals surface area contributed by atoms with E-state index in [1.807, 2.05) is 55.5 Å². The standard InChI is InChI=1S/C23H21N5O3/c1-16-7-5-6-10-19(16)25-21(29)15-28-23(31)27-14-18(11-12-20(27)26-28)22(30)24-13-17-8-3-2-4-9-17/h2-12,14H,13,15H2,1H3,(H,24,30)(H,25,29). The van der Waals surface area contributed by atoms with Crippen LogP contribution < -0.4 is 16.3 Å². The summed E-state index contributed by atoms with van der Waals surface area (Å²) in [5, 5.41) is 9.79. The summed E-state index contributed by atoms with van der Waals surface area (Å²) in [6.45, 7) is 2.03. The van der Waals surface area contributed by atoms with Gasteiger partial charge < -0.3 is 10.6 Å². The van der Waals surface area contributed by atoms with Crippen LogP contribution in [0, 0.1) is 6.92 Å². The lowest BCUT2D eigenvalue weighted by Crippen LogP contribution is -2.29. The van der Waals surface area contributed by atoms with Gasteiger partial charge in [-0.15, -0.1) is 5.10 Å². The number of nitrogens with zero attached hydrogens (tertiary/aromatic N) is 3. The average Bonchev–Trinajstić information content (AvgIpc) is 3.09. The SMILES string of the molecule is Cc1ccccc1NC(=O)Cn1nc2ccc(C(=O)NCc3ccccc3)cn2c1=O. The quantitative estimate of drug-likeness (QED) is 0.505. The van der Waals surface area contributed by atoms with E-state index < -0.39 is 5.69 Å². The summed E-state index contributed by atoms with van der Waals surface area (Å²) in [4.78, 5) is 37.5. The van der Waals surface area contributed by atoms with E-state index in [1.54, 1.807) is 18.2 Å². The molecule has 2 amide bonds. The fourth-order valence-electron chi connectivity index (χ4n) is 3.17. The van der Waals surface area contributed by atoms with Crippen LogP contribution in [0.15, 0.2) is 77.7 Å². The van der Waals surface area contributed by atoms with Gasteiger partial charge in [0.05, 0.1) is 5.56 Å². The first-order valence-electron chi connectivity index (χ1n) is 9.78. The van der Waals surface area contributed by atoms with Crippen LogP contribution in [0.5, 0.6) is 0 Å². The van der Waals surface area contributed by atoms with Gasteiger partial charge in [0.15, 0.2) is 5.65 Å². The topological polar surface area (TPSA) is 97.5 Å². The molecule has 2 N–H and O–H groups in total.